The molecule has 0 radical (unpaired) electrons. The van der Waals surface area contributed by atoms with Crippen LogP contribution in [0, 0.1) is 11.6 Å². The van der Waals surface area contributed by atoms with Gasteiger partial charge in [-0.3, -0.25) is 4.90 Å². The van der Waals surface area contributed by atoms with Crippen LogP contribution in [0.4, 0.5) is 38.3 Å². The third-order valence-electron chi connectivity index (χ3n) is 5.50. The summed E-state index contributed by atoms with van der Waals surface area (Å²) >= 11 is 0.522. The monoisotopic (exact) mass is 460 g/mol. The van der Waals surface area contributed by atoms with Gasteiger partial charge >= 0.3 is 6.18 Å². The number of alkyl halides is 3. The number of benzene rings is 1. The standard InChI is InChI=1S/C20H21F5N4OS/c1-28-4-5-29(10-11(28)3-6-30-2)18-12-7-17(20(23,24)25)31-19(12)27-16-9-14(22)13(21)8-15(16)26-18/h7-9,11,27H,3-6,10H2,1-2H3. The number of thiophene rings is 1. The highest BCUT2D eigenvalue weighted by atomic mass is 32.1. The quantitative estimate of drug-likeness (QED) is 0.666. The Bertz CT molecular complexity index is 1010. The predicted molar refractivity (Wildman–Crippen MR) is 110 cm³/mol. The van der Waals surface area contributed by atoms with E-state index >= 15 is 0 Å². The molecule has 0 bridgehead atoms. The van der Waals surface area contributed by atoms with Gasteiger partial charge in [-0.2, -0.15) is 13.2 Å². The number of nitrogens with one attached hydrogen (secondary N) is 1. The van der Waals surface area contributed by atoms with Crippen LogP contribution in [0.2, 0.25) is 0 Å². The van der Waals surface area contributed by atoms with Crippen molar-refractivity contribution >= 4 is 33.5 Å². The number of aliphatic imine (C=N–C) groups is 1. The van der Waals surface area contributed by atoms with E-state index in [1.54, 1.807) is 7.11 Å². The Labute approximate surface area is 180 Å². The Hall–Kier alpha value is -2.24. The number of amidine groups is 1. The van der Waals surface area contributed by atoms with E-state index in [0.29, 0.717) is 43.4 Å². The highest BCUT2D eigenvalue weighted by Crippen LogP contribution is 2.44. The maximum absolute atomic E-state index is 13.9. The summed E-state index contributed by atoms with van der Waals surface area (Å²) in [5.74, 6) is -1.85. The summed E-state index contributed by atoms with van der Waals surface area (Å²) in [5, 5.41) is 3.02. The lowest BCUT2D eigenvalue weighted by molar-refractivity contribution is -0.134. The molecule has 1 unspecified atom stereocenters. The van der Waals surface area contributed by atoms with Crippen LogP contribution in [0.1, 0.15) is 16.9 Å². The van der Waals surface area contributed by atoms with Crippen LogP contribution in [0.3, 0.4) is 0 Å². The molecule has 31 heavy (non-hydrogen) atoms. The number of hydrogen-bond donors (Lipinski definition) is 1. The molecule has 0 saturated carbocycles. The molecule has 0 spiro atoms. The first-order chi connectivity index (χ1) is 14.7. The molecule has 5 nitrogen and oxygen atoms in total. The summed E-state index contributed by atoms with van der Waals surface area (Å²) in [6.45, 7) is 2.28. The Morgan fingerprint density at radius 1 is 1.19 bits per heavy atom. The topological polar surface area (TPSA) is 40.1 Å². The number of hydrogen-bond acceptors (Lipinski definition) is 6. The Morgan fingerprint density at radius 2 is 1.94 bits per heavy atom. The number of ether oxygens (including phenoxy) is 1. The zero-order valence-electron chi connectivity index (χ0n) is 16.9. The first kappa shape index (κ1) is 22.0. The van der Waals surface area contributed by atoms with Crippen molar-refractivity contribution in [1.29, 1.82) is 0 Å². The minimum Gasteiger partial charge on any atom is -0.385 e. The summed E-state index contributed by atoms with van der Waals surface area (Å²) in [4.78, 5) is 7.80. The van der Waals surface area contributed by atoms with Gasteiger partial charge in [0.25, 0.3) is 0 Å². The van der Waals surface area contributed by atoms with Gasteiger partial charge in [-0.15, -0.1) is 11.3 Å². The number of methoxy groups -OCH3 is 1. The first-order valence-electron chi connectivity index (χ1n) is 9.67. The molecule has 1 fully saturated rings. The van der Waals surface area contributed by atoms with Crippen LogP contribution < -0.4 is 5.32 Å². The smallest absolute Gasteiger partial charge is 0.385 e. The van der Waals surface area contributed by atoms with Crippen LogP contribution in [0.25, 0.3) is 0 Å². The molecule has 1 atom stereocenters. The van der Waals surface area contributed by atoms with Crippen molar-refractivity contribution in [3.05, 3.63) is 40.3 Å². The van der Waals surface area contributed by atoms with Gasteiger partial charge in [-0.25, -0.2) is 13.8 Å². The molecule has 2 aromatic rings. The minimum atomic E-state index is -4.52. The van der Waals surface area contributed by atoms with Crippen molar-refractivity contribution in [2.45, 2.75) is 18.6 Å². The van der Waals surface area contributed by atoms with E-state index in [1.165, 1.54) is 0 Å². The summed E-state index contributed by atoms with van der Waals surface area (Å²) in [6, 6.07) is 3.03. The van der Waals surface area contributed by atoms with Gasteiger partial charge in [-0.05, 0) is 19.5 Å². The molecule has 3 heterocycles. The number of fused-ring (bicyclic) bond motifs is 2. The molecule has 2 aliphatic rings. The molecule has 4 rings (SSSR count). The highest BCUT2D eigenvalue weighted by molar-refractivity contribution is 7.16. The molecule has 168 valence electrons. The molecule has 0 amide bonds. The lowest BCUT2D eigenvalue weighted by atomic mass is 10.1. The number of nitrogens with zero attached hydrogens (tertiary/aromatic N) is 3. The number of anilines is 2. The average Bonchev–Trinajstić information content (AvgIpc) is 3.07. The van der Waals surface area contributed by atoms with E-state index < -0.39 is 22.7 Å². The van der Waals surface area contributed by atoms with E-state index in [1.807, 2.05) is 11.9 Å². The molecule has 1 aromatic heterocycles. The molecule has 2 aliphatic heterocycles. The maximum atomic E-state index is 13.9. The van der Waals surface area contributed by atoms with Crippen molar-refractivity contribution in [2.75, 3.05) is 45.7 Å². The summed E-state index contributed by atoms with van der Waals surface area (Å²) < 4.78 is 73.1. The van der Waals surface area contributed by atoms with Crippen LogP contribution in [0.15, 0.2) is 23.2 Å². The summed E-state index contributed by atoms with van der Waals surface area (Å²) in [6.07, 6.45) is -3.78. The van der Waals surface area contributed by atoms with Crippen molar-refractivity contribution < 1.29 is 26.7 Å². The average molecular weight is 460 g/mol. The second-order valence-electron chi connectivity index (χ2n) is 7.56. The molecular weight excluding hydrogens is 439 g/mol. The fraction of sp³-hybridized carbons (Fsp3) is 0.450. The van der Waals surface area contributed by atoms with Crippen molar-refractivity contribution in [1.82, 2.24) is 9.80 Å². The molecule has 0 aliphatic carbocycles. The molecule has 11 heteroatoms. The Kier molecular flexibility index (Phi) is 5.93. The van der Waals surface area contributed by atoms with Gasteiger partial charge in [0.1, 0.15) is 15.7 Å². The summed E-state index contributed by atoms with van der Waals surface area (Å²) in [5.41, 5.74) is 0.526. The second kappa shape index (κ2) is 8.36. The maximum Gasteiger partial charge on any atom is 0.425 e. The number of piperazine rings is 1. The van der Waals surface area contributed by atoms with Gasteiger partial charge in [0.15, 0.2) is 11.6 Å². The Morgan fingerprint density at radius 3 is 2.65 bits per heavy atom. The van der Waals surface area contributed by atoms with Crippen LogP contribution in [-0.4, -0.2) is 62.1 Å². The molecule has 1 saturated heterocycles. The first-order valence-corrected chi connectivity index (χ1v) is 10.5. The largest absolute Gasteiger partial charge is 0.425 e. The van der Waals surface area contributed by atoms with E-state index in [4.69, 9.17) is 4.74 Å². The van der Waals surface area contributed by atoms with Gasteiger partial charge in [0, 0.05) is 51.5 Å². The van der Waals surface area contributed by atoms with E-state index in [-0.39, 0.29) is 28.0 Å². The lowest BCUT2D eigenvalue weighted by Crippen LogP contribution is -2.53. The SMILES string of the molecule is COCCC1CN(C2=Nc3cc(F)c(F)cc3Nc3sc(C(F)(F)F)cc32)CCN1C. The van der Waals surface area contributed by atoms with Crippen LogP contribution in [0.5, 0.6) is 0 Å². The summed E-state index contributed by atoms with van der Waals surface area (Å²) in [7, 11) is 3.60. The van der Waals surface area contributed by atoms with E-state index in [2.05, 4.69) is 15.2 Å². The number of rotatable bonds is 3. The molecule has 1 aromatic carbocycles. The second-order valence-corrected chi connectivity index (χ2v) is 8.61. The van der Waals surface area contributed by atoms with E-state index in [9.17, 15) is 22.0 Å². The normalized spacial score (nSPS) is 19.4. The van der Waals surface area contributed by atoms with E-state index in [0.717, 1.165) is 24.6 Å². The minimum absolute atomic E-state index is 0.112. The zero-order chi connectivity index (χ0) is 22.3. The van der Waals surface area contributed by atoms with Crippen molar-refractivity contribution in [2.24, 2.45) is 4.99 Å². The lowest BCUT2D eigenvalue weighted by Gasteiger charge is -2.40. The van der Waals surface area contributed by atoms with Gasteiger partial charge < -0.3 is 15.0 Å². The highest BCUT2D eigenvalue weighted by Gasteiger charge is 2.37. The van der Waals surface area contributed by atoms with Crippen molar-refractivity contribution in [3.63, 3.8) is 0 Å². The van der Waals surface area contributed by atoms with Gasteiger partial charge in [0.2, 0.25) is 0 Å². The van der Waals surface area contributed by atoms with Gasteiger partial charge in [-0.1, -0.05) is 0 Å². The third kappa shape index (κ3) is 4.39. The number of likely N-dealkylation sites (N-methyl/N-ethyl adjacent to an activating group) is 1. The number of halogens is 5. The van der Waals surface area contributed by atoms with Crippen LogP contribution >= 0.6 is 11.3 Å². The van der Waals surface area contributed by atoms with Gasteiger partial charge in [0.05, 0.1) is 16.9 Å². The Balaban J connectivity index is 1.79. The fourth-order valence-corrected chi connectivity index (χ4v) is 4.69. The van der Waals surface area contributed by atoms with Crippen molar-refractivity contribution in [3.8, 4) is 0 Å². The molecule has 1 N–H and O–H groups in total. The third-order valence-corrected chi connectivity index (χ3v) is 6.59. The fourth-order valence-electron chi connectivity index (χ4n) is 3.76. The predicted octanol–water partition coefficient (Wildman–Crippen LogP) is 4.83. The van der Waals surface area contributed by atoms with Crippen LogP contribution in [-0.2, 0) is 10.9 Å². The zero-order valence-corrected chi connectivity index (χ0v) is 17.7. The molecular formula is C20H21F5N4OS.